The largest absolute Gasteiger partial charge is 0.358 e. The van der Waals surface area contributed by atoms with E-state index in [0.29, 0.717) is 6.54 Å². The molecule has 4 aromatic rings. The highest BCUT2D eigenvalue weighted by Gasteiger charge is 2.25. The predicted molar refractivity (Wildman–Crippen MR) is 128 cm³/mol. The molecule has 0 aliphatic rings. The number of para-hydroxylation sites is 2. The number of hydrogen-bond acceptors (Lipinski definition) is 4. The monoisotopic (exact) mass is 462 g/mol. The summed E-state index contributed by atoms with van der Waals surface area (Å²) in [5.41, 5.74) is 3.78. The minimum atomic E-state index is -3.89. The Bertz CT molecular complexity index is 1360. The van der Waals surface area contributed by atoms with Crippen molar-refractivity contribution in [3.63, 3.8) is 0 Å². The summed E-state index contributed by atoms with van der Waals surface area (Å²) in [5, 5.41) is 2.54. The van der Waals surface area contributed by atoms with Gasteiger partial charge in [0, 0.05) is 13.6 Å². The van der Waals surface area contributed by atoms with Gasteiger partial charge in [-0.25, -0.2) is 13.4 Å². The second-order valence-electron chi connectivity index (χ2n) is 7.86. The lowest BCUT2D eigenvalue weighted by molar-refractivity contribution is -0.122. The number of nitrogens with one attached hydrogen (secondary N) is 2. The third-order valence-electron chi connectivity index (χ3n) is 5.56. The van der Waals surface area contributed by atoms with E-state index in [9.17, 15) is 13.2 Å². The van der Waals surface area contributed by atoms with Crippen molar-refractivity contribution in [1.29, 1.82) is 0 Å². The number of sulfonamides is 1. The van der Waals surface area contributed by atoms with Gasteiger partial charge in [0.05, 0.1) is 15.9 Å². The van der Waals surface area contributed by atoms with Gasteiger partial charge in [-0.2, -0.15) is 4.72 Å². The molecule has 1 aromatic heterocycles. The van der Waals surface area contributed by atoms with E-state index < -0.39 is 16.1 Å². The number of aromatic nitrogens is 2. The fraction of sp³-hybridized carbons (Fsp3) is 0.200. The van der Waals surface area contributed by atoms with Crippen LogP contribution in [0.1, 0.15) is 17.0 Å². The second-order valence-corrected chi connectivity index (χ2v) is 9.57. The van der Waals surface area contributed by atoms with E-state index in [1.807, 2.05) is 61.5 Å². The molecule has 1 atom stereocenters. The van der Waals surface area contributed by atoms with Gasteiger partial charge in [-0.15, -0.1) is 0 Å². The number of imidazole rings is 1. The molecule has 2 N–H and O–H groups in total. The molecule has 0 bridgehead atoms. The number of hydrogen-bond donors (Lipinski definition) is 2. The number of carbonyl (C=O) groups is 1. The van der Waals surface area contributed by atoms with Crippen LogP contribution in [-0.4, -0.2) is 37.0 Å². The summed E-state index contributed by atoms with van der Waals surface area (Å²) in [6, 6.07) is 23.0. The normalized spacial score (nSPS) is 12.5. The van der Waals surface area contributed by atoms with Gasteiger partial charge >= 0.3 is 0 Å². The number of aryl methyl sites for hydroxylation is 1. The average molecular weight is 463 g/mol. The summed E-state index contributed by atoms with van der Waals surface area (Å²) in [4.78, 5) is 17.0. The lowest BCUT2D eigenvalue weighted by Gasteiger charge is -2.18. The van der Waals surface area contributed by atoms with E-state index in [1.54, 1.807) is 24.3 Å². The van der Waals surface area contributed by atoms with E-state index in [0.717, 1.165) is 28.0 Å². The Morgan fingerprint density at radius 3 is 2.30 bits per heavy atom. The van der Waals surface area contributed by atoms with Crippen LogP contribution in [0.2, 0.25) is 0 Å². The lowest BCUT2D eigenvalue weighted by Crippen LogP contribution is -2.46. The fourth-order valence-corrected chi connectivity index (χ4v) is 5.01. The summed E-state index contributed by atoms with van der Waals surface area (Å²) in [6.07, 6.45) is 0.255. The maximum absolute atomic E-state index is 13.0. The fourth-order valence-electron chi connectivity index (χ4n) is 3.82. The first-order chi connectivity index (χ1) is 15.9. The number of benzene rings is 3. The molecule has 0 aliphatic heterocycles. The zero-order valence-electron chi connectivity index (χ0n) is 18.5. The summed E-state index contributed by atoms with van der Waals surface area (Å²) < 4.78 is 30.7. The first-order valence-corrected chi connectivity index (χ1v) is 12.1. The molecule has 8 heteroatoms. The number of carbonyl (C=O) groups excluding carboxylic acids is 1. The standard InChI is InChI=1S/C25H26N4O3S/c1-18-27-22-10-6-7-11-24(22)29(18)17-20-12-14-21(15-13-20)33(31,32)28-23(25(30)26-2)16-19-8-4-3-5-9-19/h3-15,23,28H,16-17H2,1-2H3,(H,26,30)/t23-/m0/s1. The van der Waals surface area contributed by atoms with Crippen molar-refractivity contribution in [2.45, 2.75) is 30.8 Å². The third-order valence-corrected chi connectivity index (χ3v) is 7.05. The van der Waals surface area contributed by atoms with Crippen LogP contribution in [-0.2, 0) is 27.8 Å². The van der Waals surface area contributed by atoms with Crippen molar-refractivity contribution in [2.24, 2.45) is 0 Å². The molecule has 0 saturated carbocycles. The molecule has 170 valence electrons. The molecule has 0 fully saturated rings. The highest BCUT2D eigenvalue weighted by molar-refractivity contribution is 7.89. The van der Waals surface area contributed by atoms with Crippen molar-refractivity contribution in [1.82, 2.24) is 19.6 Å². The Morgan fingerprint density at radius 2 is 1.61 bits per heavy atom. The number of nitrogens with zero attached hydrogens (tertiary/aromatic N) is 2. The molecule has 1 amide bonds. The number of amides is 1. The number of rotatable bonds is 8. The predicted octanol–water partition coefficient (Wildman–Crippen LogP) is 3.03. The Hall–Kier alpha value is -3.49. The summed E-state index contributed by atoms with van der Waals surface area (Å²) in [7, 11) is -2.40. The second kappa shape index (κ2) is 9.56. The zero-order chi connectivity index (χ0) is 23.4. The van der Waals surface area contributed by atoms with Gasteiger partial charge in [-0.3, -0.25) is 4.79 Å². The van der Waals surface area contributed by atoms with Crippen LogP contribution < -0.4 is 10.0 Å². The van der Waals surface area contributed by atoms with E-state index in [2.05, 4.69) is 19.6 Å². The van der Waals surface area contributed by atoms with E-state index >= 15 is 0 Å². The summed E-state index contributed by atoms with van der Waals surface area (Å²) in [5.74, 6) is 0.505. The minimum absolute atomic E-state index is 0.112. The van der Waals surface area contributed by atoms with Gasteiger partial charge < -0.3 is 9.88 Å². The van der Waals surface area contributed by atoms with Crippen LogP contribution >= 0.6 is 0 Å². The Morgan fingerprint density at radius 1 is 0.939 bits per heavy atom. The van der Waals surface area contributed by atoms with Crippen molar-refractivity contribution in [2.75, 3.05) is 7.05 Å². The van der Waals surface area contributed by atoms with Crippen molar-refractivity contribution in [3.05, 3.63) is 95.8 Å². The molecular formula is C25H26N4O3S. The smallest absolute Gasteiger partial charge is 0.241 e. The van der Waals surface area contributed by atoms with Gasteiger partial charge in [0.2, 0.25) is 15.9 Å². The SMILES string of the molecule is CNC(=O)[C@H](Cc1ccccc1)NS(=O)(=O)c1ccc(Cn2c(C)nc3ccccc32)cc1. The Labute approximate surface area is 193 Å². The summed E-state index contributed by atoms with van der Waals surface area (Å²) in [6.45, 7) is 2.53. The average Bonchev–Trinajstić information content (AvgIpc) is 3.14. The van der Waals surface area contributed by atoms with Crippen LogP contribution in [0.4, 0.5) is 0 Å². The topological polar surface area (TPSA) is 93.1 Å². The maximum Gasteiger partial charge on any atom is 0.241 e. The molecule has 33 heavy (non-hydrogen) atoms. The van der Waals surface area contributed by atoms with Gasteiger partial charge in [0.1, 0.15) is 11.9 Å². The molecular weight excluding hydrogens is 436 g/mol. The van der Waals surface area contributed by atoms with Gasteiger partial charge in [0.15, 0.2) is 0 Å². The summed E-state index contributed by atoms with van der Waals surface area (Å²) >= 11 is 0. The van der Waals surface area contributed by atoms with E-state index in [4.69, 9.17) is 0 Å². The van der Waals surface area contributed by atoms with E-state index in [-0.39, 0.29) is 17.2 Å². The van der Waals surface area contributed by atoms with Gasteiger partial charge in [-0.1, -0.05) is 54.6 Å². The molecule has 0 radical (unpaired) electrons. The van der Waals surface area contributed by atoms with Crippen molar-refractivity contribution >= 4 is 27.0 Å². The Balaban J connectivity index is 1.53. The van der Waals surface area contributed by atoms with Crippen LogP contribution in [0, 0.1) is 6.92 Å². The molecule has 0 aliphatic carbocycles. The molecule has 4 rings (SSSR count). The van der Waals surface area contributed by atoms with Crippen molar-refractivity contribution in [3.8, 4) is 0 Å². The number of likely N-dealkylation sites (N-methyl/N-ethyl adjacent to an activating group) is 1. The van der Waals surface area contributed by atoms with Crippen LogP contribution in [0.5, 0.6) is 0 Å². The third kappa shape index (κ3) is 5.13. The quantitative estimate of drug-likeness (QED) is 0.421. The minimum Gasteiger partial charge on any atom is -0.358 e. The van der Waals surface area contributed by atoms with Crippen LogP contribution in [0.15, 0.2) is 83.8 Å². The molecule has 0 spiro atoms. The van der Waals surface area contributed by atoms with Gasteiger partial charge in [-0.05, 0) is 48.7 Å². The number of fused-ring (bicyclic) bond motifs is 1. The molecule has 7 nitrogen and oxygen atoms in total. The Kier molecular flexibility index (Phi) is 6.57. The highest BCUT2D eigenvalue weighted by atomic mass is 32.2. The maximum atomic E-state index is 13.0. The first kappa shape index (κ1) is 22.7. The molecule has 0 unspecified atom stereocenters. The first-order valence-electron chi connectivity index (χ1n) is 10.7. The highest BCUT2D eigenvalue weighted by Crippen LogP contribution is 2.19. The van der Waals surface area contributed by atoms with Crippen molar-refractivity contribution < 1.29 is 13.2 Å². The van der Waals surface area contributed by atoms with Gasteiger partial charge in [0.25, 0.3) is 0 Å². The zero-order valence-corrected chi connectivity index (χ0v) is 19.3. The molecule has 3 aromatic carbocycles. The van der Waals surface area contributed by atoms with Crippen LogP contribution in [0.3, 0.4) is 0 Å². The van der Waals surface area contributed by atoms with Crippen LogP contribution in [0.25, 0.3) is 11.0 Å². The molecule has 1 heterocycles. The van der Waals surface area contributed by atoms with E-state index in [1.165, 1.54) is 7.05 Å². The lowest BCUT2D eigenvalue weighted by atomic mass is 10.1. The molecule has 0 saturated heterocycles.